The van der Waals surface area contributed by atoms with Crippen molar-refractivity contribution in [1.82, 2.24) is 4.90 Å². The Morgan fingerprint density at radius 2 is 1.80 bits per heavy atom. The van der Waals surface area contributed by atoms with Gasteiger partial charge in [-0.05, 0) is 26.0 Å². The summed E-state index contributed by atoms with van der Waals surface area (Å²) in [6.07, 6.45) is 1.36. The number of aromatic hydroxyl groups is 1. The summed E-state index contributed by atoms with van der Waals surface area (Å²) in [4.78, 5) is 2.19. The molecular formula is C12H17NO2. The van der Waals surface area contributed by atoms with Gasteiger partial charge < -0.3 is 15.1 Å². The number of hydrogen-bond acceptors (Lipinski definition) is 3. The quantitative estimate of drug-likeness (QED) is 0.729. The lowest BCUT2D eigenvalue weighted by Crippen LogP contribution is -2.40. The average molecular weight is 207 g/mol. The van der Waals surface area contributed by atoms with Crippen LogP contribution in [0.15, 0.2) is 24.3 Å². The highest BCUT2D eigenvalue weighted by atomic mass is 16.3. The van der Waals surface area contributed by atoms with Gasteiger partial charge in [-0.15, -0.1) is 0 Å². The van der Waals surface area contributed by atoms with Gasteiger partial charge in [-0.2, -0.15) is 0 Å². The fourth-order valence-electron chi connectivity index (χ4n) is 2.12. The van der Waals surface area contributed by atoms with Crippen LogP contribution in [0.5, 0.6) is 5.75 Å². The summed E-state index contributed by atoms with van der Waals surface area (Å²) < 4.78 is 0. The molecule has 1 aliphatic rings. The van der Waals surface area contributed by atoms with Crippen LogP contribution in [0.3, 0.4) is 0 Å². The van der Waals surface area contributed by atoms with Crippen molar-refractivity contribution >= 4 is 0 Å². The van der Waals surface area contributed by atoms with Gasteiger partial charge in [0.25, 0.3) is 0 Å². The first kappa shape index (κ1) is 10.5. The summed E-state index contributed by atoms with van der Waals surface area (Å²) in [5, 5.41) is 20.2. The summed E-state index contributed by atoms with van der Waals surface area (Å²) in [6, 6.07) is 7.06. The monoisotopic (exact) mass is 207 g/mol. The van der Waals surface area contributed by atoms with Crippen LogP contribution < -0.4 is 0 Å². The summed E-state index contributed by atoms with van der Waals surface area (Å²) in [6.45, 7) is 1.73. The molecule has 0 radical (unpaired) electrons. The highest BCUT2D eigenvalue weighted by molar-refractivity contribution is 5.37. The van der Waals surface area contributed by atoms with E-state index < -0.39 is 5.60 Å². The van der Waals surface area contributed by atoms with Crippen LogP contribution in [0.1, 0.15) is 18.4 Å². The maximum atomic E-state index is 10.5. The Labute approximate surface area is 90.0 Å². The van der Waals surface area contributed by atoms with Gasteiger partial charge in [-0.1, -0.05) is 18.2 Å². The minimum atomic E-state index is -0.849. The first-order valence-corrected chi connectivity index (χ1v) is 5.31. The number of benzene rings is 1. The number of rotatable bonds is 1. The van der Waals surface area contributed by atoms with Crippen LogP contribution in [0.2, 0.25) is 0 Å². The zero-order valence-electron chi connectivity index (χ0n) is 8.98. The number of aliphatic hydroxyl groups is 1. The molecule has 0 amide bonds. The second-order valence-corrected chi connectivity index (χ2v) is 4.35. The average Bonchev–Trinajstić information content (AvgIpc) is 2.23. The van der Waals surface area contributed by atoms with Crippen LogP contribution >= 0.6 is 0 Å². The van der Waals surface area contributed by atoms with Crippen molar-refractivity contribution in [3.63, 3.8) is 0 Å². The molecule has 1 aromatic rings. The lowest BCUT2D eigenvalue weighted by atomic mass is 9.84. The lowest BCUT2D eigenvalue weighted by Gasteiger charge is -2.37. The molecule has 1 heterocycles. The predicted molar refractivity (Wildman–Crippen MR) is 58.7 cm³/mol. The van der Waals surface area contributed by atoms with E-state index in [1.807, 2.05) is 13.1 Å². The van der Waals surface area contributed by atoms with Crippen molar-refractivity contribution < 1.29 is 10.2 Å². The predicted octanol–water partition coefficient (Wildman–Crippen LogP) is 1.31. The van der Waals surface area contributed by atoms with E-state index in [1.54, 1.807) is 18.2 Å². The number of hydrogen-bond donors (Lipinski definition) is 2. The minimum absolute atomic E-state index is 0.199. The molecular weight excluding hydrogens is 190 g/mol. The fraction of sp³-hybridized carbons (Fsp3) is 0.500. The second kappa shape index (κ2) is 3.83. The van der Waals surface area contributed by atoms with Gasteiger partial charge in [0, 0.05) is 18.7 Å². The van der Waals surface area contributed by atoms with E-state index in [4.69, 9.17) is 0 Å². The fourth-order valence-corrected chi connectivity index (χ4v) is 2.12. The maximum Gasteiger partial charge on any atom is 0.121 e. The molecule has 3 heteroatoms. The van der Waals surface area contributed by atoms with Crippen LogP contribution in [0.25, 0.3) is 0 Å². The van der Waals surface area contributed by atoms with Crippen LogP contribution in [-0.2, 0) is 5.60 Å². The summed E-state index contributed by atoms with van der Waals surface area (Å²) in [5.41, 5.74) is -0.184. The Morgan fingerprint density at radius 1 is 1.20 bits per heavy atom. The van der Waals surface area contributed by atoms with E-state index in [2.05, 4.69) is 4.90 Å². The largest absolute Gasteiger partial charge is 0.508 e. The highest BCUT2D eigenvalue weighted by Crippen LogP contribution is 2.36. The number of phenolic OH excluding ortho intramolecular Hbond substituents is 1. The zero-order chi connectivity index (χ0) is 10.9. The molecule has 0 aliphatic carbocycles. The molecule has 0 spiro atoms. The molecule has 0 aromatic heterocycles. The topological polar surface area (TPSA) is 43.7 Å². The van der Waals surface area contributed by atoms with Crippen molar-refractivity contribution in [2.24, 2.45) is 0 Å². The van der Waals surface area contributed by atoms with E-state index >= 15 is 0 Å². The number of phenols is 1. The van der Waals surface area contributed by atoms with Crippen molar-refractivity contribution in [3.05, 3.63) is 29.8 Å². The SMILES string of the molecule is CN1CCC(O)(c2ccccc2O)CC1. The number of piperidine rings is 1. The van der Waals surface area contributed by atoms with E-state index in [-0.39, 0.29) is 5.75 Å². The summed E-state index contributed by atoms with van der Waals surface area (Å²) in [5.74, 6) is 0.199. The van der Waals surface area contributed by atoms with Gasteiger partial charge in [0.15, 0.2) is 0 Å². The second-order valence-electron chi connectivity index (χ2n) is 4.35. The normalized spacial score (nSPS) is 21.5. The molecule has 82 valence electrons. The summed E-state index contributed by atoms with van der Waals surface area (Å²) >= 11 is 0. The van der Waals surface area contributed by atoms with Crippen LogP contribution in [0.4, 0.5) is 0 Å². The van der Waals surface area contributed by atoms with E-state index in [9.17, 15) is 10.2 Å². The Kier molecular flexibility index (Phi) is 2.67. The molecule has 2 N–H and O–H groups in total. The Hall–Kier alpha value is -1.06. The van der Waals surface area contributed by atoms with Crippen molar-refractivity contribution in [1.29, 1.82) is 0 Å². The van der Waals surface area contributed by atoms with Gasteiger partial charge >= 0.3 is 0 Å². The van der Waals surface area contributed by atoms with Gasteiger partial charge in [0.2, 0.25) is 0 Å². The molecule has 2 rings (SSSR count). The molecule has 1 aliphatic heterocycles. The Bertz CT molecular complexity index is 343. The molecule has 15 heavy (non-hydrogen) atoms. The van der Waals surface area contributed by atoms with Crippen LogP contribution in [0, 0.1) is 0 Å². The van der Waals surface area contributed by atoms with Gasteiger partial charge in [-0.3, -0.25) is 0 Å². The van der Waals surface area contributed by atoms with Crippen molar-refractivity contribution in [2.45, 2.75) is 18.4 Å². The van der Waals surface area contributed by atoms with Gasteiger partial charge in [0.1, 0.15) is 5.75 Å². The third-order valence-corrected chi connectivity index (χ3v) is 3.22. The standard InChI is InChI=1S/C12H17NO2/c1-13-8-6-12(15,7-9-13)10-4-2-3-5-11(10)14/h2-5,14-15H,6-9H2,1H3. The molecule has 1 saturated heterocycles. The third-order valence-electron chi connectivity index (χ3n) is 3.22. The number of likely N-dealkylation sites (tertiary alicyclic amines) is 1. The molecule has 0 saturated carbocycles. The molecule has 0 atom stereocenters. The van der Waals surface area contributed by atoms with E-state index in [0.29, 0.717) is 18.4 Å². The highest BCUT2D eigenvalue weighted by Gasteiger charge is 2.34. The van der Waals surface area contributed by atoms with Gasteiger partial charge in [-0.25, -0.2) is 0 Å². The van der Waals surface area contributed by atoms with Gasteiger partial charge in [0.05, 0.1) is 5.60 Å². The molecule has 1 fully saturated rings. The summed E-state index contributed by atoms with van der Waals surface area (Å²) in [7, 11) is 2.05. The van der Waals surface area contributed by atoms with E-state index in [0.717, 1.165) is 13.1 Å². The molecule has 3 nitrogen and oxygen atoms in total. The van der Waals surface area contributed by atoms with E-state index in [1.165, 1.54) is 0 Å². The molecule has 0 bridgehead atoms. The first-order valence-electron chi connectivity index (χ1n) is 5.31. The lowest BCUT2D eigenvalue weighted by molar-refractivity contribution is -0.0219. The minimum Gasteiger partial charge on any atom is -0.508 e. The number of nitrogens with zero attached hydrogens (tertiary/aromatic N) is 1. The zero-order valence-corrected chi connectivity index (χ0v) is 8.98. The smallest absolute Gasteiger partial charge is 0.121 e. The molecule has 0 unspecified atom stereocenters. The Balaban J connectivity index is 2.26. The first-order chi connectivity index (χ1) is 7.12. The maximum absolute atomic E-state index is 10.5. The van der Waals surface area contributed by atoms with Crippen LogP contribution in [-0.4, -0.2) is 35.3 Å². The van der Waals surface area contributed by atoms with Crippen molar-refractivity contribution in [3.8, 4) is 5.75 Å². The van der Waals surface area contributed by atoms with Crippen molar-refractivity contribution in [2.75, 3.05) is 20.1 Å². The third kappa shape index (κ3) is 1.98. The molecule has 1 aromatic carbocycles. The Morgan fingerprint density at radius 3 is 2.40 bits per heavy atom. The number of para-hydroxylation sites is 1.